The molecular formula is C7H13NO2. The quantitative estimate of drug-likeness (QED) is 0.594. The Morgan fingerprint density at radius 1 is 1.60 bits per heavy atom. The molecule has 0 radical (unpaired) electrons. The third-order valence-electron chi connectivity index (χ3n) is 2.15. The van der Waals surface area contributed by atoms with Crippen LogP contribution in [-0.4, -0.2) is 17.1 Å². The molecule has 3 N–H and O–H groups in total. The lowest BCUT2D eigenvalue weighted by Gasteiger charge is -2.11. The van der Waals surface area contributed by atoms with Gasteiger partial charge in [0.15, 0.2) is 0 Å². The van der Waals surface area contributed by atoms with Crippen molar-refractivity contribution >= 4 is 5.97 Å². The average Bonchev–Trinajstić information content (AvgIpc) is 2.15. The minimum absolute atomic E-state index is 0.135. The van der Waals surface area contributed by atoms with Gasteiger partial charge in [-0.1, -0.05) is 6.42 Å². The van der Waals surface area contributed by atoms with E-state index in [2.05, 4.69) is 0 Å². The average molecular weight is 143 g/mol. The van der Waals surface area contributed by atoms with Gasteiger partial charge in [-0.05, 0) is 18.8 Å². The second-order valence-corrected chi connectivity index (χ2v) is 2.95. The maximum Gasteiger partial charge on any atom is 0.303 e. The van der Waals surface area contributed by atoms with Gasteiger partial charge in [0.05, 0.1) is 0 Å². The number of carboxylic acid groups (broad SMARTS) is 1. The van der Waals surface area contributed by atoms with Gasteiger partial charge in [0, 0.05) is 12.5 Å². The van der Waals surface area contributed by atoms with Gasteiger partial charge in [-0.15, -0.1) is 0 Å². The van der Waals surface area contributed by atoms with Gasteiger partial charge in [0.25, 0.3) is 0 Å². The molecule has 10 heavy (non-hydrogen) atoms. The second-order valence-electron chi connectivity index (χ2n) is 2.95. The molecule has 1 aliphatic rings. The van der Waals surface area contributed by atoms with Crippen molar-refractivity contribution in [3.05, 3.63) is 0 Å². The number of hydrogen-bond donors (Lipinski definition) is 2. The first-order chi connectivity index (χ1) is 4.70. The van der Waals surface area contributed by atoms with Crippen LogP contribution in [0.3, 0.4) is 0 Å². The molecule has 0 aromatic rings. The molecule has 0 aromatic carbocycles. The van der Waals surface area contributed by atoms with Crippen LogP contribution in [-0.2, 0) is 4.79 Å². The van der Waals surface area contributed by atoms with Gasteiger partial charge < -0.3 is 10.8 Å². The summed E-state index contributed by atoms with van der Waals surface area (Å²) < 4.78 is 0. The normalized spacial score (nSPS) is 32.5. The highest BCUT2D eigenvalue weighted by Gasteiger charge is 2.25. The summed E-state index contributed by atoms with van der Waals surface area (Å²) in [4.78, 5) is 10.2. The summed E-state index contributed by atoms with van der Waals surface area (Å²) in [6.45, 7) is 0. The van der Waals surface area contributed by atoms with Crippen molar-refractivity contribution in [1.29, 1.82) is 0 Å². The summed E-state index contributed by atoms with van der Waals surface area (Å²) in [5, 5.41) is 8.44. The molecule has 3 heteroatoms. The fourth-order valence-electron chi connectivity index (χ4n) is 1.54. The van der Waals surface area contributed by atoms with Crippen LogP contribution < -0.4 is 5.73 Å². The zero-order chi connectivity index (χ0) is 7.56. The molecule has 2 atom stereocenters. The molecule has 1 saturated carbocycles. The SMILES string of the molecule is N[C@@H]1CCC[C@H]1CC(=O)O. The Morgan fingerprint density at radius 3 is 2.70 bits per heavy atom. The van der Waals surface area contributed by atoms with Crippen LogP contribution in [0.4, 0.5) is 0 Å². The fraction of sp³-hybridized carbons (Fsp3) is 0.857. The Bertz CT molecular complexity index is 136. The van der Waals surface area contributed by atoms with E-state index in [-0.39, 0.29) is 18.4 Å². The topological polar surface area (TPSA) is 63.3 Å². The van der Waals surface area contributed by atoms with Gasteiger partial charge in [-0.2, -0.15) is 0 Å². The molecule has 3 nitrogen and oxygen atoms in total. The van der Waals surface area contributed by atoms with Crippen LogP contribution in [0.25, 0.3) is 0 Å². The standard InChI is InChI=1S/C7H13NO2/c8-6-3-1-2-5(6)4-7(9)10/h5-6H,1-4,8H2,(H,9,10)/t5-,6+/m0/s1. The van der Waals surface area contributed by atoms with E-state index in [4.69, 9.17) is 10.8 Å². The Morgan fingerprint density at radius 2 is 2.30 bits per heavy atom. The van der Waals surface area contributed by atoms with E-state index in [9.17, 15) is 4.79 Å². The van der Waals surface area contributed by atoms with Crippen molar-refractivity contribution in [2.45, 2.75) is 31.7 Å². The highest BCUT2D eigenvalue weighted by atomic mass is 16.4. The van der Waals surface area contributed by atoms with Crippen molar-refractivity contribution < 1.29 is 9.90 Å². The minimum Gasteiger partial charge on any atom is -0.481 e. The van der Waals surface area contributed by atoms with E-state index in [1.54, 1.807) is 0 Å². The molecule has 0 aromatic heterocycles. The third kappa shape index (κ3) is 1.70. The van der Waals surface area contributed by atoms with E-state index in [1.807, 2.05) is 0 Å². The number of hydrogen-bond acceptors (Lipinski definition) is 2. The van der Waals surface area contributed by atoms with Gasteiger partial charge in [0.2, 0.25) is 0 Å². The summed E-state index contributed by atoms with van der Waals surface area (Å²) in [5.74, 6) is -0.486. The summed E-state index contributed by atoms with van der Waals surface area (Å²) in [7, 11) is 0. The van der Waals surface area contributed by atoms with E-state index in [0.717, 1.165) is 19.3 Å². The smallest absolute Gasteiger partial charge is 0.303 e. The highest BCUT2D eigenvalue weighted by molar-refractivity contribution is 5.67. The molecule has 58 valence electrons. The van der Waals surface area contributed by atoms with Crippen LogP contribution >= 0.6 is 0 Å². The Labute approximate surface area is 60.2 Å². The first kappa shape index (κ1) is 7.54. The lowest BCUT2D eigenvalue weighted by atomic mass is 10.0. The maximum absolute atomic E-state index is 10.2. The molecule has 1 rings (SSSR count). The number of aliphatic carboxylic acids is 1. The van der Waals surface area contributed by atoms with E-state index in [1.165, 1.54) is 0 Å². The number of carboxylic acids is 1. The fourth-order valence-corrected chi connectivity index (χ4v) is 1.54. The first-order valence-corrected chi connectivity index (χ1v) is 3.67. The van der Waals surface area contributed by atoms with Gasteiger partial charge in [-0.3, -0.25) is 4.79 Å². The molecule has 0 amide bonds. The molecule has 1 aliphatic carbocycles. The number of rotatable bonds is 2. The molecule has 0 saturated heterocycles. The number of carbonyl (C=O) groups is 1. The predicted octanol–water partition coefficient (Wildman–Crippen LogP) is 0.588. The molecule has 0 aliphatic heterocycles. The molecule has 0 unspecified atom stereocenters. The first-order valence-electron chi connectivity index (χ1n) is 3.67. The minimum atomic E-state index is -0.720. The summed E-state index contributed by atoms with van der Waals surface area (Å²) >= 11 is 0. The van der Waals surface area contributed by atoms with Gasteiger partial charge in [0.1, 0.15) is 0 Å². The third-order valence-corrected chi connectivity index (χ3v) is 2.15. The zero-order valence-corrected chi connectivity index (χ0v) is 5.92. The molecule has 0 spiro atoms. The van der Waals surface area contributed by atoms with Crippen molar-refractivity contribution in [3.63, 3.8) is 0 Å². The Hall–Kier alpha value is -0.570. The largest absolute Gasteiger partial charge is 0.481 e. The Kier molecular flexibility index (Phi) is 2.27. The second kappa shape index (κ2) is 3.01. The summed E-state index contributed by atoms with van der Waals surface area (Å²) in [5.41, 5.74) is 5.66. The molecular weight excluding hydrogens is 130 g/mol. The lowest BCUT2D eigenvalue weighted by Crippen LogP contribution is -2.26. The predicted molar refractivity (Wildman–Crippen MR) is 37.6 cm³/mol. The van der Waals surface area contributed by atoms with Crippen LogP contribution in [0.1, 0.15) is 25.7 Å². The van der Waals surface area contributed by atoms with Crippen LogP contribution in [0.2, 0.25) is 0 Å². The van der Waals surface area contributed by atoms with Gasteiger partial charge >= 0.3 is 5.97 Å². The van der Waals surface area contributed by atoms with Crippen molar-refractivity contribution in [2.24, 2.45) is 11.7 Å². The monoisotopic (exact) mass is 143 g/mol. The van der Waals surface area contributed by atoms with E-state index in [0.29, 0.717) is 0 Å². The maximum atomic E-state index is 10.2. The molecule has 1 fully saturated rings. The molecule has 0 bridgehead atoms. The molecule has 0 heterocycles. The van der Waals surface area contributed by atoms with Crippen LogP contribution in [0, 0.1) is 5.92 Å². The zero-order valence-electron chi connectivity index (χ0n) is 5.92. The van der Waals surface area contributed by atoms with Crippen LogP contribution in [0.15, 0.2) is 0 Å². The highest BCUT2D eigenvalue weighted by Crippen LogP contribution is 2.26. The van der Waals surface area contributed by atoms with Gasteiger partial charge in [-0.25, -0.2) is 0 Å². The van der Waals surface area contributed by atoms with Crippen molar-refractivity contribution in [2.75, 3.05) is 0 Å². The lowest BCUT2D eigenvalue weighted by molar-refractivity contribution is -0.138. The Balaban J connectivity index is 2.33. The summed E-state index contributed by atoms with van der Waals surface area (Å²) in [6, 6.07) is 0.135. The van der Waals surface area contributed by atoms with Crippen molar-refractivity contribution in [1.82, 2.24) is 0 Å². The summed E-state index contributed by atoms with van der Waals surface area (Å²) in [6.07, 6.45) is 3.34. The van der Waals surface area contributed by atoms with E-state index < -0.39 is 5.97 Å². The van der Waals surface area contributed by atoms with Crippen LogP contribution in [0.5, 0.6) is 0 Å². The van der Waals surface area contributed by atoms with E-state index >= 15 is 0 Å². The van der Waals surface area contributed by atoms with Crippen molar-refractivity contribution in [3.8, 4) is 0 Å². The number of nitrogens with two attached hydrogens (primary N) is 1.